The molecule has 1 aliphatic rings. The minimum Gasteiger partial charge on any atom is -0.387 e. The van der Waals surface area contributed by atoms with Gasteiger partial charge in [-0.25, -0.2) is 0 Å². The molecule has 0 aromatic carbocycles. The summed E-state index contributed by atoms with van der Waals surface area (Å²) < 4.78 is 1.87. The van der Waals surface area contributed by atoms with E-state index in [4.69, 9.17) is 0 Å². The van der Waals surface area contributed by atoms with Gasteiger partial charge in [0.1, 0.15) is 0 Å². The van der Waals surface area contributed by atoms with Crippen molar-refractivity contribution in [3.63, 3.8) is 0 Å². The maximum atomic E-state index is 10.4. The van der Waals surface area contributed by atoms with Crippen molar-refractivity contribution in [2.75, 3.05) is 33.7 Å². The Morgan fingerprint density at radius 2 is 2.22 bits per heavy atom. The highest BCUT2D eigenvalue weighted by Gasteiger charge is 2.26. The van der Waals surface area contributed by atoms with E-state index in [1.165, 1.54) is 0 Å². The fourth-order valence-corrected chi connectivity index (χ4v) is 2.62. The molecule has 1 N–H and O–H groups in total. The number of hydrogen-bond donors (Lipinski definition) is 1. The lowest BCUT2D eigenvalue weighted by Crippen LogP contribution is -2.50. The van der Waals surface area contributed by atoms with Crippen molar-refractivity contribution in [3.05, 3.63) is 18.0 Å². The molecule has 0 spiro atoms. The Hall–Kier alpha value is -0.910. The highest BCUT2D eigenvalue weighted by atomic mass is 16.3. The Balaban J connectivity index is 2.00. The van der Waals surface area contributed by atoms with Gasteiger partial charge in [-0.1, -0.05) is 0 Å². The van der Waals surface area contributed by atoms with E-state index in [-0.39, 0.29) is 0 Å². The van der Waals surface area contributed by atoms with Gasteiger partial charge in [-0.15, -0.1) is 0 Å². The first-order valence-electron chi connectivity index (χ1n) is 6.70. The zero-order valence-corrected chi connectivity index (χ0v) is 11.6. The Morgan fingerprint density at radius 3 is 2.94 bits per heavy atom. The van der Waals surface area contributed by atoms with E-state index >= 15 is 0 Å². The Kier molecular flexibility index (Phi) is 4.37. The second-order valence-electron chi connectivity index (χ2n) is 5.22. The van der Waals surface area contributed by atoms with Gasteiger partial charge in [0.25, 0.3) is 0 Å². The molecule has 1 aliphatic heterocycles. The zero-order valence-electron chi connectivity index (χ0n) is 11.6. The average molecular weight is 252 g/mol. The normalized spacial score (nSPS) is 24.3. The van der Waals surface area contributed by atoms with E-state index in [1.54, 1.807) is 6.20 Å². The number of nitrogens with zero attached hydrogens (tertiary/aromatic N) is 4. The number of aromatic nitrogens is 2. The van der Waals surface area contributed by atoms with E-state index in [0.29, 0.717) is 6.04 Å². The van der Waals surface area contributed by atoms with Crippen molar-refractivity contribution in [3.8, 4) is 0 Å². The molecule has 2 atom stereocenters. The molecule has 0 aliphatic carbocycles. The summed E-state index contributed by atoms with van der Waals surface area (Å²) in [6.45, 7) is 6.05. The fourth-order valence-electron chi connectivity index (χ4n) is 2.62. The molecule has 5 heteroatoms. The summed E-state index contributed by atoms with van der Waals surface area (Å²) in [6, 6.07) is 2.33. The first-order chi connectivity index (χ1) is 8.61. The zero-order chi connectivity index (χ0) is 13.1. The van der Waals surface area contributed by atoms with E-state index in [2.05, 4.69) is 29.0 Å². The van der Waals surface area contributed by atoms with Crippen LogP contribution in [0.2, 0.25) is 0 Å². The van der Waals surface area contributed by atoms with Crippen LogP contribution in [0.3, 0.4) is 0 Å². The monoisotopic (exact) mass is 252 g/mol. The van der Waals surface area contributed by atoms with Gasteiger partial charge >= 0.3 is 0 Å². The van der Waals surface area contributed by atoms with Crippen molar-refractivity contribution in [1.29, 1.82) is 0 Å². The quantitative estimate of drug-likeness (QED) is 0.851. The average Bonchev–Trinajstić information content (AvgIpc) is 2.82. The van der Waals surface area contributed by atoms with E-state index < -0.39 is 6.10 Å². The molecule has 0 amide bonds. The van der Waals surface area contributed by atoms with E-state index in [0.717, 1.165) is 38.3 Å². The van der Waals surface area contributed by atoms with Gasteiger partial charge < -0.3 is 14.9 Å². The van der Waals surface area contributed by atoms with Crippen molar-refractivity contribution in [2.24, 2.45) is 0 Å². The summed E-state index contributed by atoms with van der Waals surface area (Å²) in [5.74, 6) is 0. The number of rotatable bonds is 4. The molecule has 102 valence electrons. The second-order valence-corrected chi connectivity index (χ2v) is 5.22. The molecule has 1 aromatic rings. The molecule has 2 heterocycles. The molecule has 18 heavy (non-hydrogen) atoms. The Bertz CT molecular complexity index is 379. The number of aliphatic hydroxyl groups excluding tert-OH is 1. The van der Waals surface area contributed by atoms with Crippen LogP contribution in [0.5, 0.6) is 0 Å². The largest absolute Gasteiger partial charge is 0.387 e. The number of aliphatic hydroxyl groups is 1. The SMILES string of the molecule is CCn1nccc1C(O)CC1CN(C)CCN1C. The van der Waals surface area contributed by atoms with Crippen LogP contribution in [0, 0.1) is 0 Å². The molecule has 1 fully saturated rings. The molecule has 0 saturated carbocycles. The van der Waals surface area contributed by atoms with Gasteiger partial charge in [-0.05, 0) is 33.5 Å². The molecule has 1 saturated heterocycles. The van der Waals surface area contributed by atoms with Gasteiger partial charge in [0.05, 0.1) is 11.8 Å². The summed E-state index contributed by atoms with van der Waals surface area (Å²) in [7, 11) is 4.28. The van der Waals surface area contributed by atoms with Gasteiger partial charge in [0.15, 0.2) is 0 Å². The first-order valence-corrected chi connectivity index (χ1v) is 6.70. The maximum absolute atomic E-state index is 10.4. The molecule has 2 unspecified atom stereocenters. The molecular formula is C13H24N4O. The number of likely N-dealkylation sites (N-methyl/N-ethyl adjacent to an activating group) is 2. The smallest absolute Gasteiger partial charge is 0.0972 e. The van der Waals surface area contributed by atoms with Crippen LogP contribution in [0.4, 0.5) is 0 Å². The number of hydrogen-bond acceptors (Lipinski definition) is 4. The van der Waals surface area contributed by atoms with Crippen LogP contribution >= 0.6 is 0 Å². The third-order valence-corrected chi connectivity index (χ3v) is 3.87. The molecule has 1 aromatic heterocycles. The minimum atomic E-state index is -0.425. The highest BCUT2D eigenvalue weighted by Crippen LogP contribution is 2.22. The predicted octanol–water partition coefficient (Wildman–Crippen LogP) is 0.572. The van der Waals surface area contributed by atoms with Gasteiger partial charge in [0, 0.05) is 38.4 Å². The van der Waals surface area contributed by atoms with E-state index in [9.17, 15) is 5.11 Å². The van der Waals surface area contributed by atoms with Crippen LogP contribution < -0.4 is 0 Å². The van der Waals surface area contributed by atoms with Gasteiger partial charge in [-0.2, -0.15) is 5.10 Å². The lowest BCUT2D eigenvalue weighted by atomic mass is 10.0. The van der Waals surface area contributed by atoms with Gasteiger partial charge in [-0.3, -0.25) is 4.68 Å². The predicted molar refractivity (Wildman–Crippen MR) is 71.4 cm³/mol. The van der Waals surface area contributed by atoms with Gasteiger partial charge in [0.2, 0.25) is 0 Å². The standard InChI is InChI=1S/C13H24N4O/c1-4-17-12(5-6-14-17)13(18)9-11-10-15(2)7-8-16(11)3/h5-6,11,13,18H,4,7-10H2,1-3H3. The van der Waals surface area contributed by atoms with Crippen LogP contribution in [-0.2, 0) is 6.54 Å². The summed E-state index contributed by atoms with van der Waals surface area (Å²) >= 11 is 0. The van der Waals surface area contributed by atoms with Crippen molar-refractivity contribution in [2.45, 2.75) is 32.0 Å². The van der Waals surface area contributed by atoms with Crippen molar-refractivity contribution in [1.82, 2.24) is 19.6 Å². The first kappa shape index (κ1) is 13.5. The summed E-state index contributed by atoms with van der Waals surface area (Å²) in [4.78, 5) is 4.67. The van der Waals surface area contributed by atoms with Crippen LogP contribution in [0.25, 0.3) is 0 Å². The lowest BCUT2D eigenvalue weighted by Gasteiger charge is -2.38. The number of piperazine rings is 1. The Morgan fingerprint density at radius 1 is 1.44 bits per heavy atom. The van der Waals surface area contributed by atoms with Crippen molar-refractivity contribution >= 4 is 0 Å². The number of aryl methyl sites for hydroxylation is 1. The molecule has 0 bridgehead atoms. The lowest BCUT2D eigenvalue weighted by molar-refractivity contribution is 0.0601. The maximum Gasteiger partial charge on any atom is 0.0972 e. The van der Waals surface area contributed by atoms with Crippen LogP contribution in [0.15, 0.2) is 12.3 Å². The summed E-state index contributed by atoms with van der Waals surface area (Å²) in [5.41, 5.74) is 0.930. The summed E-state index contributed by atoms with van der Waals surface area (Å²) in [5, 5.41) is 14.6. The topological polar surface area (TPSA) is 44.5 Å². The van der Waals surface area contributed by atoms with Crippen LogP contribution in [0.1, 0.15) is 25.1 Å². The minimum absolute atomic E-state index is 0.416. The second kappa shape index (κ2) is 5.82. The highest BCUT2D eigenvalue weighted by molar-refractivity contribution is 5.05. The fraction of sp³-hybridized carbons (Fsp3) is 0.769. The van der Waals surface area contributed by atoms with Crippen molar-refractivity contribution < 1.29 is 5.11 Å². The molecule has 2 rings (SSSR count). The third kappa shape index (κ3) is 2.91. The Labute approximate surface area is 109 Å². The molecular weight excluding hydrogens is 228 g/mol. The van der Waals surface area contributed by atoms with Crippen LogP contribution in [-0.4, -0.2) is 64.5 Å². The molecule has 5 nitrogen and oxygen atoms in total. The molecule has 0 radical (unpaired) electrons. The summed E-state index contributed by atoms with van der Waals surface area (Å²) in [6.07, 6.45) is 2.11. The third-order valence-electron chi connectivity index (χ3n) is 3.87. The van der Waals surface area contributed by atoms with E-state index in [1.807, 2.05) is 17.7 Å².